The molecule has 5 heterocycles. The lowest BCUT2D eigenvalue weighted by Gasteiger charge is -2.18. The highest BCUT2D eigenvalue weighted by Crippen LogP contribution is 2.29. The number of amides is 1. The minimum absolute atomic E-state index is 0.0282. The van der Waals surface area contributed by atoms with E-state index in [4.69, 9.17) is 11.6 Å². The molecular weight excluding hydrogens is 556 g/mol. The molecule has 0 saturated heterocycles. The van der Waals surface area contributed by atoms with E-state index in [1.165, 1.54) is 4.52 Å². The first-order chi connectivity index (χ1) is 20.0. The highest BCUT2D eigenvalue weighted by Gasteiger charge is 2.22. The molecule has 0 radical (unpaired) electrons. The molecule has 1 aliphatic heterocycles. The second-order valence-corrected chi connectivity index (χ2v) is 10.4. The maximum absolute atomic E-state index is 12.5. The SMILES string of the molecule is CN1C(=O)CN=C(c2ccccc2)c2cc(Cl)ccc21.O=c1c(-c2ccsc2)cnc2c(-c3ccccn3)c[nH]n12. The number of hydrogen-bond acceptors (Lipinski definition) is 6. The number of benzene rings is 2. The topological polar surface area (TPSA) is 95.7 Å². The Morgan fingerprint density at radius 2 is 1.73 bits per heavy atom. The first kappa shape index (κ1) is 26.4. The fourth-order valence-electron chi connectivity index (χ4n) is 4.59. The zero-order chi connectivity index (χ0) is 28.3. The van der Waals surface area contributed by atoms with Gasteiger partial charge in [-0.25, -0.2) is 9.50 Å². The standard InChI is InChI=1S/C16H13ClN2O.C15H10N4OS/c1-19-14-8-7-12(17)9-13(14)16(18-10-15(19)20)11-5-3-2-4-6-11;20-15-11(10-4-6-21-9-10)7-17-14-12(8-18-19(14)15)13-3-1-2-5-16-13/h2-9H,10H2,1H3;1-9,18H. The van der Waals surface area contributed by atoms with Gasteiger partial charge < -0.3 is 4.90 Å². The third-order valence-corrected chi connectivity index (χ3v) is 7.60. The van der Waals surface area contributed by atoms with Crippen LogP contribution in [0.5, 0.6) is 0 Å². The zero-order valence-electron chi connectivity index (χ0n) is 21.9. The van der Waals surface area contributed by atoms with E-state index in [-0.39, 0.29) is 18.0 Å². The molecule has 0 saturated carbocycles. The molecule has 0 bridgehead atoms. The van der Waals surface area contributed by atoms with Crippen LogP contribution in [0.25, 0.3) is 28.0 Å². The number of aromatic amines is 1. The summed E-state index contributed by atoms with van der Waals surface area (Å²) in [4.78, 5) is 39.4. The van der Waals surface area contributed by atoms with Crippen LogP contribution in [-0.4, -0.2) is 44.8 Å². The number of aromatic nitrogens is 4. The number of fused-ring (bicyclic) bond motifs is 2. The number of nitrogens with one attached hydrogen (secondary N) is 1. The van der Waals surface area contributed by atoms with Gasteiger partial charge >= 0.3 is 0 Å². The monoisotopic (exact) mass is 578 g/mol. The fraction of sp³-hybridized carbons (Fsp3) is 0.0645. The highest BCUT2D eigenvalue weighted by molar-refractivity contribution is 7.08. The Balaban J connectivity index is 0.000000148. The quantitative estimate of drug-likeness (QED) is 0.280. The van der Waals surface area contributed by atoms with Crippen molar-refractivity contribution < 1.29 is 4.79 Å². The largest absolute Gasteiger partial charge is 0.313 e. The van der Waals surface area contributed by atoms with Crippen molar-refractivity contribution in [3.05, 3.63) is 129 Å². The van der Waals surface area contributed by atoms with Gasteiger partial charge in [0.05, 0.1) is 28.2 Å². The molecule has 8 nitrogen and oxygen atoms in total. The average molecular weight is 579 g/mol. The van der Waals surface area contributed by atoms with Crippen LogP contribution < -0.4 is 10.5 Å². The number of benzodiazepines with no additional fused rings is 1. The third kappa shape index (κ3) is 5.20. The van der Waals surface area contributed by atoms with Crippen molar-refractivity contribution in [2.24, 2.45) is 4.99 Å². The number of carbonyl (C=O) groups excluding carboxylic acids is 1. The summed E-state index contributed by atoms with van der Waals surface area (Å²) in [6, 6.07) is 22.9. The van der Waals surface area contributed by atoms with Gasteiger partial charge in [-0.15, -0.1) is 0 Å². The van der Waals surface area contributed by atoms with Crippen LogP contribution in [0.3, 0.4) is 0 Å². The molecule has 1 aliphatic rings. The lowest BCUT2D eigenvalue weighted by atomic mass is 10.0. The maximum Gasteiger partial charge on any atom is 0.280 e. The van der Waals surface area contributed by atoms with E-state index in [1.54, 1.807) is 47.9 Å². The zero-order valence-corrected chi connectivity index (χ0v) is 23.4. The van der Waals surface area contributed by atoms with Crippen LogP contribution in [0.2, 0.25) is 5.02 Å². The predicted molar refractivity (Wildman–Crippen MR) is 164 cm³/mol. The number of rotatable bonds is 3. The van der Waals surface area contributed by atoms with Crippen molar-refractivity contribution in [1.29, 1.82) is 0 Å². The maximum atomic E-state index is 12.5. The molecule has 4 aromatic heterocycles. The van der Waals surface area contributed by atoms with Gasteiger partial charge in [0.2, 0.25) is 5.91 Å². The van der Waals surface area contributed by atoms with Crippen molar-refractivity contribution in [3.8, 4) is 22.4 Å². The van der Waals surface area contributed by atoms with E-state index < -0.39 is 0 Å². The predicted octanol–water partition coefficient (Wildman–Crippen LogP) is 5.97. The fourth-order valence-corrected chi connectivity index (χ4v) is 5.42. The van der Waals surface area contributed by atoms with Crippen LogP contribution in [0, 0.1) is 0 Å². The Morgan fingerprint density at radius 1 is 0.902 bits per heavy atom. The summed E-state index contributed by atoms with van der Waals surface area (Å²) in [6.07, 6.45) is 5.10. The van der Waals surface area contributed by atoms with Crippen molar-refractivity contribution >= 4 is 45.9 Å². The van der Waals surface area contributed by atoms with Gasteiger partial charge in [-0.05, 0) is 52.7 Å². The van der Waals surface area contributed by atoms with Crippen LogP contribution in [0.15, 0.2) is 112 Å². The minimum atomic E-state index is -0.111. The molecule has 0 fully saturated rings. The number of thiophene rings is 1. The molecule has 1 N–H and O–H groups in total. The summed E-state index contributed by atoms with van der Waals surface area (Å²) >= 11 is 7.66. The molecule has 0 unspecified atom stereocenters. The van der Waals surface area contributed by atoms with Crippen molar-refractivity contribution in [1.82, 2.24) is 19.6 Å². The van der Waals surface area contributed by atoms with E-state index in [1.807, 2.05) is 77.5 Å². The molecule has 41 heavy (non-hydrogen) atoms. The van der Waals surface area contributed by atoms with Gasteiger partial charge in [0, 0.05) is 41.8 Å². The number of nitrogens with zero attached hydrogens (tertiary/aromatic N) is 5. The summed E-state index contributed by atoms with van der Waals surface area (Å²) in [6.45, 7) is 0.146. The number of likely N-dealkylation sites (N-methyl/N-ethyl adjacent to an activating group) is 1. The van der Waals surface area contributed by atoms with Crippen LogP contribution >= 0.6 is 22.9 Å². The minimum Gasteiger partial charge on any atom is -0.313 e. The number of carbonyl (C=O) groups is 1. The Hall–Kier alpha value is -4.86. The molecule has 7 rings (SSSR count). The van der Waals surface area contributed by atoms with Gasteiger partial charge in [0.25, 0.3) is 5.56 Å². The summed E-state index contributed by atoms with van der Waals surface area (Å²) in [5.41, 5.74) is 7.05. The van der Waals surface area contributed by atoms with Crippen molar-refractivity contribution in [2.75, 3.05) is 18.5 Å². The van der Waals surface area contributed by atoms with Gasteiger partial charge in [0.15, 0.2) is 5.65 Å². The molecule has 0 atom stereocenters. The Bertz CT molecular complexity index is 1930. The second kappa shape index (κ2) is 11.3. The number of anilines is 1. The molecule has 1 amide bonds. The Kier molecular flexibility index (Phi) is 7.28. The van der Waals surface area contributed by atoms with E-state index in [9.17, 15) is 9.59 Å². The number of halogens is 1. The summed E-state index contributed by atoms with van der Waals surface area (Å²) < 4.78 is 1.46. The summed E-state index contributed by atoms with van der Waals surface area (Å²) in [7, 11) is 1.76. The smallest absolute Gasteiger partial charge is 0.280 e. The van der Waals surface area contributed by atoms with Gasteiger partial charge in [-0.1, -0.05) is 48.0 Å². The Morgan fingerprint density at radius 3 is 2.49 bits per heavy atom. The van der Waals surface area contributed by atoms with Gasteiger partial charge in [-0.2, -0.15) is 11.3 Å². The Labute approximate surface area is 244 Å². The summed E-state index contributed by atoms with van der Waals surface area (Å²) in [5.74, 6) is -0.0282. The van der Waals surface area contributed by atoms with E-state index >= 15 is 0 Å². The summed E-state index contributed by atoms with van der Waals surface area (Å²) in [5, 5.41) is 7.48. The number of hydrogen-bond donors (Lipinski definition) is 1. The van der Waals surface area contributed by atoms with Gasteiger partial charge in [0.1, 0.15) is 6.54 Å². The van der Waals surface area contributed by atoms with Crippen molar-refractivity contribution in [2.45, 2.75) is 0 Å². The number of H-pyrrole nitrogens is 1. The molecule has 0 aliphatic carbocycles. The van der Waals surface area contributed by atoms with E-state index in [0.717, 1.165) is 39.3 Å². The first-order valence-corrected chi connectivity index (χ1v) is 14.0. The molecule has 10 heteroatoms. The normalized spacial score (nSPS) is 12.8. The number of aliphatic imine (C=N–C) groups is 1. The first-order valence-electron chi connectivity index (χ1n) is 12.7. The van der Waals surface area contributed by atoms with Gasteiger partial charge in [-0.3, -0.25) is 24.7 Å². The van der Waals surface area contributed by atoms with Crippen molar-refractivity contribution in [3.63, 3.8) is 0 Å². The van der Waals surface area contributed by atoms with E-state index in [2.05, 4.69) is 20.1 Å². The van der Waals surface area contributed by atoms with Crippen LogP contribution in [-0.2, 0) is 4.79 Å². The third-order valence-electron chi connectivity index (χ3n) is 6.68. The molecular formula is C31H23ClN6O2S. The molecule has 0 spiro atoms. The van der Waals surface area contributed by atoms with E-state index in [0.29, 0.717) is 16.2 Å². The van der Waals surface area contributed by atoms with Crippen LogP contribution in [0.1, 0.15) is 11.1 Å². The average Bonchev–Trinajstić information content (AvgIpc) is 3.68. The second-order valence-electron chi connectivity index (χ2n) is 9.20. The lowest BCUT2D eigenvalue weighted by Crippen LogP contribution is -2.27. The molecule has 2 aromatic carbocycles. The molecule has 6 aromatic rings. The lowest BCUT2D eigenvalue weighted by molar-refractivity contribution is -0.116. The van der Waals surface area contributed by atoms with Crippen LogP contribution in [0.4, 0.5) is 5.69 Å². The number of pyridine rings is 1. The molecule has 202 valence electrons. The highest BCUT2D eigenvalue weighted by atomic mass is 35.5.